The van der Waals surface area contributed by atoms with E-state index in [1.807, 2.05) is 6.92 Å². The van der Waals surface area contributed by atoms with E-state index in [0.717, 1.165) is 36.4 Å². The van der Waals surface area contributed by atoms with Crippen molar-refractivity contribution in [2.24, 2.45) is 0 Å². The van der Waals surface area contributed by atoms with Crippen molar-refractivity contribution < 1.29 is 5.11 Å². The molecule has 1 aliphatic carbocycles. The second-order valence-corrected chi connectivity index (χ2v) is 7.32. The molecule has 2 rings (SSSR count). The van der Waals surface area contributed by atoms with Gasteiger partial charge in [-0.05, 0) is 33.6 Å². The molecule has 108 valence electrons. The molecule has 1 heterocycles. The summed E-state index contributed by atoms with van der Waals surface area (Å²) in [5.41, 5.74) is 0.628. The van der Waals surface area contributed by atoms with Crippen LogP contribution >= 0.6 is 11.3 Å². The van der Waals surface area contributed by atoms with E-state index < -0.39 is 5.60 Å². The molecule has 1 saturated carbocycles. The summed E-state index contributed by atoms with van der Waals surface area (Å²) in [6.45, 7) is 7.00. The third-order valence-electron chi connectivity index (χ3n) is 4.12. The molecule has 2 N–H and O–H groups in total. The minimum atomic E-state index is -0.510. The van der Waals surface area contributed by atoms with Gasteiger partial charge in [0.05, 0.1) is 16.3 Å². The van der Waals surface area contributed by atoms with Crippen LogP contribution in [0, 0.1) is 13.8 Å². The summed E-state index contributed by atoms with van der Waals surface area (Å²) in [6, 6.07) is 0.220. The van der Waals surface area contributed by atoms with E-state index in [-0.39, 0.29) is 6.04 Å². The summed E-state index contributed by atoms with van der Waals surface area (Å²) in [6.07, 6.45) is 6.71. The summed E-state index contributed by atoms with van der Waals surface area (Å²) >= 11 is 1.75. The van der Waals surface area contributed by atoms with E-state index in [1.165, 1.54) is 17.7 Å². The van der Waals surface area contributed by atoms with Crippen molar-refractivity contribution >= 4 is 11.3 Å². The normalized spacial score (nSPS) is 21.1. The summed E-state index contributed by atoms with van der Waals surface area (Å²) in [5, 5.41) is 15.2. The van der Waals surface area contributed by atoms with Gasteiger partial charge in [-0.1, -0.05) is 25.7 Å². The number of nitrogens with zero attached hydrogens (tertiary/aromatic N) is 1. The van der Waals surface area contributed by atoms with E-state index in [1.54, 1.807) is 11.3 Å². The predicted molar refractivity (Wildman–Crippen MR) is 80.7 cm³/mol. The van der Waals surface area contributed by atoms with Crippen LogP contribution in [-0.2, 0) is 0 Å². The molecule has 0 aromatic carbocycles. The van der Waals surface area contributed by atoms with Crippen LogP contribution < -0.4 is 5.32 Å². The monoisotopic (exact) mass is 282 g/mol. The maximum atomic E-state index is 10.6. The van der Waals surface area contributed by atoms with Crippen LogP contribution in [0.5, 0.6) is 0 Å². The first-order valence-corrected chi connectivity index (χ1v) is 8.21. The van der Waals surface area contributed by atoms with Crippen LogP contribution in [0.4, 0.5) is 0 Å². The molecule has 1 aromatic heterocycles. The number of thiazole rings is 1. The fraction of sp³-hybridized carbons (Fsp3) is 0.800. The van der Waals surface area contributed by atoms with Gasteiger partial charge in [0.15, 0.2) is 0 Å². The Morgan fingerprint density at radius 3 is 2.42 bits per heavy atom. The molecule has 3 nitrogen and oxygen atoms in total. The molecule has 0 amide bonds. The summed E-state index contributed by atoms with van der Waals surface area (Å²) in [5.74, 6) is 0. The summed E-state index contributed by atoms with van der Waals surface area (Å²) < 4.78 is 0. The Morgan fingerprint density at radius 2 is 1.89 bits per heavy atom. The first-order chi connectivity index (χ1) is 9.00. The van der Waals surface area contributed by atoms with Gasteiger partial charge >= 0.3 is 0 Å². The lowest BCUT2D eigenvalue weighted by Gasteiger charge is -2.28. The van der Waals surface area contributed by atoms with Crippen LogP contribution in [-0.4, -0.2) is 22.2 Å². The van der Waals surface area contributed by atoms with Gasteiger partial charge in [0.1, 0.15) is 0 Å². The quantitative estimate of drug-likeness (QED) is 0.831. The van der Waals surface area contributed by atoms with Crippen molar-refractivity contribution in [3.63, 3.8) is 0 Å². The molecule has 0 bridgehead atoms. The lowest BCUT2D eigenvalue weighted by atomic mass is 9.94. The fourth-order valence-electron chi connectivity index (χ4n) is 2.95. The van der Waals surface area contributed by atoms with E-state index in [0.29, 0.717) is 6.54 Å². The van der Waals surface area contributed by atoms with Gasteiger partial charge < -0.3 is 10.4 Å². The first-order valence-electron chi connectivity index (χ1n) is 7.40. The third kappa shape index (κ3) is 4.01. The van der Waals surface area contributed by atoms with Gasteiger partial charge in [0.25, 0.3) is 0 Å². The highest BCUT2D eigenvalue weighted by atomic mass is 32.1. The van der Waals surface area contributed by atoms with Gasteiger partial charge in [0.2, 0.25) is 0 Å². The van der Waals surface area contributed by atoms with Crippen LogP contribution in [0.1, 0.15) is 67.1 Å². The molecule has 19 heavy (non-hydrogen) atoms. The van der Waals surface area contributed by atoms with Crippen LogP contribution in [0.25, 0.3) is 0 Å². The molecule has 4 heteroatoms. The minimum absolute atomic E-state index is 0.220. The van der Waals surface area contributed by atoms with E-state index >= 15 is 0 Å². The topological polar surface area (TPSA) is 45.2 Å². The Morgan fingerprint density at radius 1 is 1.26 bits per heavy atom. The molecule has 1 unspecified atom stereocenters. The number of hydrogen-bond acceptors (Lipinski definition) is 4. The van der Waals surface area contributed by atoms with Gasteiger partial charge in [-0.25, -0.2) is 4.98 Å². The predicted octanol–water partition coefficient (Wildman–Crippen LogP) is 3.50. The molecule has 0 radical (unpaired) electrons. The highest BCUT2D eigenvalue weighted by molar-refractivity contribution is 7.11. The lowest BCUT2D eigenvalue weighted by Crippen LogP contribution is -2.41. The lowest BCUT2D eigenvalue weighted by molar-refractivity contribution is 0.0230. The zero-order valence-electron chi connectivity index (χ0n) is 12.3. The van der Waals surface area contributed by atoms with E-state index in [4.69, 9.17) is 0 Å². The number of aromatic nitrogens is 1. The number of aliphatic hydroxyl groups is 1. The summed E-state index contributed by atoms with van der Waals surface area (Å²) in [7, 11) is 0. The van der Waals surface area contributed by atoms with Crippen LogP contribution in [0.3, 0.4) is 0 Å². The van der Waals surface area contributed by atoms with E-state index in [9.17, 15) is 5.11 Å². The minimum Gasteiger partial charge on any atom is -0.389 e. The second-order valence-electron chi connectivity index (χ2n) is 5.92. The Labute approximate surface area is 120 Å². The zero-order valence-corrected chi connectivity index (χ0v) is 13.1. The van der Waals surface area contributed by atoms with Crippen molar-refractivity contribution in [1.82, 2.24) is 10.3 Å². The maximum absolute atomic E-state index is 10.6. The fourth-order valence-corrected chi connectivity index (χ4v) is 3.86. The number of aryl methyl sites for hydroxylation is 2. The smallest absolute Gasteiger partial charge is 0.0900 e. The average Bonchev–Trinajstić information content (AvgIpc) is 2.58. The Kier molecular flexibility index (Phi) is 4.98. The zero-order chi connectivity index (χ0) is 13.9. The van der Waals surface area contributed by atoms with Gasteiger partial charge in [-0.2, -0.15) is 0 Å². The molecule has 1 fully saturated rings. The molecule has 0 saturated heterocycles. The molecule has 1 aromatic rings. The Balaban J connectivity index is 1.92. The third-order valence-corrected chi connectivity index (χ3v) is 5.02. The number of rotatable bonds is 4. The molecular weight excluding hydrogens is 256 g/mol. The van der Waals surface area contributed by atoms with Gasteiger partial charge in [-0.15, -0.1) is 11.3 Å². The molecule has 1 aliphatic rings. The first kappa shape index (κ1) is 14.9. The van der Waals surface area contributed by atoms with Crippen LogP contribution in [0.2, 0.25) is 0 Å². The van der Waals surface area contributed by atoms with Crippen molar-refractivity contribution in [3.8, 4) is 0 Å². The molecule has 1 atom stereocenters. The van der Waals surface area contributed by atoms with Crippen molar-refractivity contribution in [3.05, 3.63) is 15.6 Å². The highest BCUT2D eigenvalue weighted by Crippen LogP contribution is 2.28. The number of hydrogen-bond donors (Lipinski definition) is 2. The highest BCUT2D eigenvalue weighted by Gasteiger charge is 2.28. The van der Waals surface area contributed by atoms with Gasteiger partial charge in [-0.3, -0.25) is 0 Å². The van der Waals surface area contributed by atoms with Crippen molar-refractivity contribution in [2.75, 3.05) is 6.54 Å². The molecule has 0 spiro atoms. The van der Waals surface area contributed by atoms with Crippen molar-refractivity contribution in [1.29, 1.82) is 0 Å². The maximum Gasteiger partial charge on any atom is 0.0900 e. The van der Waals surface area contributed by atoms with E-state index in [2.05, 4.69) is 24.1 Å². The largest absolute Gasteiger partial charge is 0.389 e. The Bertz CT molecular complexity index is 408. The molecule has 0 aliphatic heterocycles. The second kappa shape index (κ2) is 6.33. The van der Waals surface area contributed by atoms with Crippen molar-refractivity contribution in [2.45, 2.75) is 70.9 Å². The molecular formula is C15H26N2OS. The number of nitrogens with one attached hydrogen (secondary N) is 1. The van der Waals surface area contributed by atoms with Crippen LogP contribution in [0.15, 0.2) is 0 Å². The average molecular weight is 282 g/mol. The Hall–Kier alpha value is -0.450. The van der Waals surface area contributed by atoms with Gasteiger partial charge in [0, 0.05) is 17.5 Å². The summed E-state index contributed by atoms with van der Waals surface area (Å²) in [4.78, 5) is 5.87. The standard InChI is InChI=1S/C15H26N2OS/c1-11(14-12(2)19-13(3)17-14)16-10-15(18)8-6-4-5-7-9-15/h11,16,18H,4-10H2,1-3H3. The SMILES string of the molecule is Cc1nc(C(C)NCC2(O)CCCCCC2)c(C)s1.